The molecule has 1 aromatic carbocycles. The molecular formula is C16H25IN4O. The molecule has 1 aromatic rings. The van der Waals surface area contributed by atoms with Gasteiger partial charge in [-0.1, -0.05) is 37.3 Å². The van der Waals surface area contributed by atoms with Crippen LogP contribution in [0, 0.1) is 5.92 Å². The van der Waals surface area contributed by atoms with Crippen molar-refractivity contribution in [3.05, 3.63) is 35.9 Å². The van der Waals surface area contributed by atoms with Gasteiger partial charge in [0.05, 0.1) is 6.04 Å². The van der Waals surface area contributed by atoms with Gasteiger partial charge in [0.25, 0.3) is 0 Å². The lowest BCUT2D eigenvalue weighted by molar-refractivity contribution is -0.127. The monoisotopic (exact) mass is 416 g/mol. The van der Waals surface area contributed by atoms with Crippen molar-refractivity contribution in [1.82, 2.24) is 10.2 Å². The summed E-state index contributed by atoms with van der Waals surface area (Å²) < 4.78 is 0. The van der Waals surface area contributed by atoms with Gasteiger partial charge in [-0.25, -0.2) is 0 Å². The van der Waals surface area contributed by atoms with Crippen LogP contribution in [0.2, 0.25) is 0 Å². The van der Waals surface area contributed by atoms with Gasteiger partial charge >= 0.3 is 0 Å². The van der Waals surface area contributed by atoms with E-state index in [9.17, 15) is 4.79 Å². The minimum absolute atomic E-state index is 0. The van der Waals surface area contributed by atoms with Crippen molar-refractivity contribution in [2.45, 2.75) is 25.8 Å². The van der Waals surface area contributed by atoms with Crippen molar-refractivity contribution in [2.75, 3.05) is 20.1 Å². The Morgan fingerprint density at radius 1 is 1.41 bits per heavy atom. The molecule has 5 nitrogen and oxygen atoms in total. The van der Waals surface area contributed by atoms with Gasteiger partial charge in [-0.3, -0.25) is 9.79 Å². The third-order valence-corrected chi connectivity index (χ3v) is 3.89. The number of carbonyl (C=O) groups excluding carboxylic acids is 1. The van der Waals surface area contributed by atoms with Gasteiger partial charge in [0.2, 0.25) is 5.91 Å². The van der Waals surface area contributed by atoms with Gasteiger partial charge in [0.1, 0.15) is 0 Å². The second-order valence-electron chi connectivity index (χ2n) is 5.48. The van der Waals surface area contributed by atoms with E-state index < -0.39 is 0 Å². The molecule has 1 aliphatic rings. The van der Waals surface area contributed by atoms with Gasteiger partial charge in [0.15, 0.2) is 5.96 Å². The van der Waals surface area contributed by atoms with Crippen LogP contribution in [0.5, 0.6) is 0 Å². The quantitative estimate of drug-likeness (QED) is 0.439. The van der Waals surface area contributed by atoms with Crippen LogP contribution in [0.1, 0.15) is 31.4 Å². The molecule has 2 rings (SSSR count). The highest BCUT2D eigenvalue weighted by Crippen LogP contribution is 2.36. The van der Waals surface area contributed by atoms with Gasteiger partial charge in [-0.2, -0.15) is 0 Å². The number of carbonyl (C=O) groups is 1. The maximum Gasteiger partial charge on any atom is 0.223 e. The zero-order valence-corrected chi connectivity index (χ0v) is 15.5. The first-order valence-corrected chi connectivity index (χ1v) is 7.48. The molecule has 22 heavy (non-hydrogen) atoms. The van der Waals surface area contributed by atoms with Crippen molar-refractivity contribution >= 4 is 35.8 Å². The summed E-state index contributed by atoms with van der Waals surface area (Å²) in [6, 6.07) is 10.2. The van der Waals surface area contributed by atoms with Gasteiger partial charge in [-0.05, 0) is 12.0 Å². The van der Waals surface area contributed by atoms with E-state index in [0.29, 0.717) is 18.9 Å². The fraction of sp³-hybridized carbons (Fsp3) is 0.500. The maximum absolute atomic E-state index is 12.0. The first-order chi connectivity index (χ1) is 10.1. The molecule has 1 heterocycles. The maximum atomic E-state index is 12.0. The average Bonchev–Trinajstić information content (AvgIpc) is 2.79. The minimum Gasteiger partial charge on any atom is -0.370 e. The highest BCUT2D eigenvalue weighted by molar-refractivity contribution is 14.0. The molecule has 1 fully saturated rings. The molecule has 1 amide bonds. The van der Waals surface area contributed by atoms with Crippen molar-refractivity contribution in [3.8, 4) is 0 Å². The minimum atomic E-state index is 0. The van der Waals surface area contributed by atoms with Crippen LogP contribution in [0.15, 0.2) is 35.3 Å². The van der Waals surface area contributed by atoms with Crippen LogP contribution in [-0.4, -0.2) is 36.9 Å². The number of nitrogens with one attached hydrogen (secondary N) is 1. The molecule has 0 spiro atoms. The molecule has 1 saturated heterocycles. The summed E-state index contributed by atoms with van der Waals surface area (Å²) in [5.41, 5.74) is 6.99. The van der Waals surface area contributed by atoms with E-state index >= 15 is 0 Å². The fourth-order valence-corrected chi connectivity index (χ4v) is 2.79. The largest absolute Gasteiger partial charge is 0.370 e. The second-order valence-corrected chi connectivity index (χ2v) is 5.48. The molecule has 0 aliphatic carbocycles. The standard InChI is InChI=1S/C16H24N4O.HI/c1-3-9-18-16(17)19-11-13-10-14(21)20(2)15(13)12-7-5-4-6-8-12;/h4-8,13,15H,3,9-11H2,1-2H3,(H3,17,18,19);1H. The lowest BCUT2D eigenvalue weighted by Gasteiger charge is -2.24. The van der Waals surface area contributed by atoms with Crippen LogP contribution in [-0.2, 0) is 4.79 Å². The summed E-state index contributed by atoms with van der Waals surface area (Å²) in [7, 11) is 1.86. The Morgan fingerprint density at radius 3 is 2.73 bits per heavy atom. The second kappa shape index (κ2) is 8.97. The smallest absolute Gasteiger partial charge is 0.223 e. The number of halogens is 1. The zero-order valence-electron chi connectivity index (χ0n) is 13.2. The molecule has 2 unspecified atom stereocenters. The number of guanidine groups is 1. The fourth-order valence-electron chi connectivity index (χ4n) is 2.79. The predicted octanol–water partition coefficient (Wildman–Crippen LogP) is 2.14. The average molecular weight is 416 g/mol. The Morgan fingerprint density at radius 2 is 2.09 bits per heavy atom. The third kappa shape index (κ3) is 4.59. The molecule has 0 bridgehead atoms. The van der Waals surface area contributed by atoms with E-state index in [0.717, 1.165) is 18.5 Å². The third-order valence-electron chi connectivity index (χ3n) is 3.89. The Balaban J connectivity index is 0.00000242. The van der Waals surface area contributed by atoms with Crippen LogP contribution in [0.3, 0.4) is 0 Å². The molecule has 2 atom stereocenters. The Labute approximate surface area is 149 Å². The summed E-state index contributed by atoms with van der Waals surface area (Å²) in [6.07, 6.45) is 1.54. The van der Waals surface area contributed by atoms with Crippen molar-refractivity contribution in [1.29, 1.82) is 0 Å². The van der Waals surface area contributed by atoms with Crippen LogP contribution in [0.25, 0.3) is 0 Å². The number of likely N-dealkylation sites (tertiary alicyclic amines) is 1. The number of hydrogen-bond acceptors (Lipinski definition) is 2. The van der Waals surface area contributed by atoms with Gasteiger partial charge in [-0.15, -0.1) is 24.0 Å². The molecule has 3 N–H and O–H groups in total. The lowest BCUT2D eigenvalue weighted by atomic mass is 9.94. The topological polar surface area (TPSA) is 70.7 Å². The number of hydrogen-bond donors (Lipinski definition) is 2. The van der Waals surface area contributed by atoms with E-state index in [-0.39, 0.29) is 41.8 Å². The van der Waals surface area contributed by atoms with Crippen LogP contribution >= 0.6 is 24.0 Å². The summed E-state index contributed by atoms with van der Waals surface area (Å²) in [5, 5.41) is 3.06. The molecule has 0 saturated carbocycles. The molecular weight excluding hydrogens is 391 g/mol. The summed E-state index contributed by atoms with van der Waals surface area (Å²) in [4.78, 5) is 18.2. The first-order valence-electron chi connectivity index (χ1n) is 7.48. The molecule has 0 radical (unpaired) electrons. The highest BCUT2D eigenvalue weighted by atomic mass is 127. The lowest BCUT2D eigenvalue weighted by Crippen LogP contribution is -2.33. The number of amides is 1. The van der Waals surface area contributed by atoms with E-state index in [2.05, 4.69) is 29.4 Å². The highest BCUT2D eigenvalue weighted by Gasteiger charge is 2.38. The number of rotatable bonds is 5. The SMILES string of the molecule is CCCNC(N)=NCC1CC(=O)N(C)C1c1ccccc1.I. The van der Waals surface area contributed by atoms with Gasteiger partial charge in [0, 0.05) is 32.5 Å². The van der Waals surface area contributed by atoms with E-state index in [4.69, 9.17) is 5.73 Å². The molecule has 122 valence electrons. The van der Waals surface area contributed by atoms with Crippen molar-refractivity contribution in [3.63, 3.8) is 0 Å². The summed E-state index contributed by atoms with van der Waals surface area (Å²) in [6.45, 7) is 3.47. The summed E-state index contributed by atoms with van der Waals surface area (Å²) in [5.74, 6) is 0.807. The number of nitrogens with two attached hydrogens (primary N) is 1. The predicted molar refractivity (Wildman–Crippen MR) is 100 cm³/mol. The van der Waals surface area contributed by atoms with Crippen molar-refractivity contribution < 1.29 is 4.79 Å². The Hall–Kier alpha value is -1.31. The number of aliphatic imine (C=N–C) groups is 1. The van der Waals surface area contributed by atoms with E-state index in [1.54, 1.807) is 0 Å². The van der Waals surface area contributed by atoms with E-state index in [1.807, 2.05) is 30.1 Å². The first kappa shape index (κ1) is 18.7. The Bertz CT molecular complexity index is 506. The normalized spacial score (nSPS) is 21.6. The Kier molecular flexibility index (Phi) is 7.64. The van der Waals surface area contributed by atoms with Crippen molar-refractivity contribution in [2.24, 2.45) is 16.6 Å². The van der Waals surface area contributed by atoms with Crippen LogP contribution < -0.4 is 11.1 Å². The molecule has 1 aliphatic heterocycles. The van der Waals surface area contributed by atoms with Gasteiger partial charge < -0.3 is 16.0 Å². The molecule has 6 heteroatoms. The molecule has 0 aromatic heterocycles. The number of nitrogens with zero attached hydrogens (tertiary/aromatic N) is 2. The number of benzene rings is 1. The summed E-state index contributed by atoms with van der Waals surface area (Å²) >= 11 is 0. The zero-order chi connectivity index (χ0) is 15.2. The van der Waals surface area contributed by atoms with Crippen LogP contribution in [0.4, 0.5) is 0 Å². The van der Waals surface area contributed by atoms with E-state index in [1.165, 1.54) is 0 Å².